The SMILES string of the molecule is COCC(OC)C(OC)C(OC)C(CN(C)C)OC. The Kier molecular flexibility index (Phi) is 10.4. The number of hydrogen-bond acceptors (Lipinski definition) is 6. The highest BCUT2D eigenvalue weighted by Crippen LogP contribution is 2.17. The summed E-state index contributed by atoms with van der Waals surface area (Å²) in [5.74, 6) is 0. The molecule has 0 spiro atoms. The Labute approximate surface area is 116 Å². The zero-order valence-electron chi connectivity index (χ0n) is 13.2. The van der Waals surface area contributed by atoms with Crippen molar-refractivity contribution >= 4 is 0 Å². The molecule has 0 aromatic rings. The van der Waals surface area contributed by atoms with Crippen molar-refractivity contribution < 1.29 is 23.7 Å². The minimum Gasteiger partial charge on any atom is -0.382 e. The second kappa shape index (κ2) is 10.5. The molecule has 0 saturated carbocycles. The molecule has 0 N–H and O–H groups in total. The first-order valence-electron chi connectivity index (χ1n) is 6.30. The van der Waals surface area contributed by atoms with Gasteiger partial charge in [-0.15, -0.1) is 0 Å². The summed E-state index contributed by atoms with van der Waals surface area (Å²) in [6, 6.07) is 0. The number of nitrogens with zero attached hydrogens (tertiary/aromatic N) is 1. The third-order valence-corrected chi connectivity index (χ3v) is 3.08. The van der Waals surface area contributed by atoms with E-state index in [0.717, 1.165) is 6.54 Å². The van der Waals surface area contributed by atoms with Gasteiger partial charge < -0.3 is 28.6 Å². The van der Waals surface area contributed by atoms with Crippen LogP contribution in [-0.2, 0) is 23.7 Å². The van der Waals surface area contributed by atoms with Gasteiger partial charge in [0, 0.05) is 42.1 Å². The van der Waals surface area contributed by atoms with Crippen molar-refractivity contribution in [3.05, 3.63) is 0 Å². The highest BCUT2D eigenvalue weighted by atomic mass is 16.6. The molecular weight excluding hydrogens is 250 g/mol. The van der Waals surface area contributed by atoms with Gasteiger partial charge in [0.05, 0.1) is 12.7 Å². The van der Waals surface area contributed by atoms with Crippen molar-refractivity contribution in [2.75, 3.05) is 62.8 Å². The smallest absolute Gasteiger partial charge is 0.114 e. The number of ether oxygens (including phenoxy) is 5. The van der Waals surface area contributed by atoms with Crippen LogP contribution >= 0.6 is 0 Å². The van der Waals surface area contributed by atoms with Gasteiger partial charge in [0.25, 0.3) is 0 Å². The van der Waals surface area contributed by atoms with Gasteiger partial charge in [-0.2, -0.15) is 0 Å². The molecule has 4 atom stereocenters. The summed E-state index contributed by atoms with van der Waals surface area (Å²) >= 11 is 0. The van der Waals surface area contributed by atoms with E-state index >= 15 is 0 Å². The summed E-state index contributed by atoms with van der Waals surface area (Å²) in [6.07, 6.45) is -0.823. The van der Waals surface area contributed by atoms with Crippen molar-refractivity contribution in [2.24, 2.45) is 0 Å². The van der Waals surface area contributed by atoms with Gasteiger partial charge >= 0.3 is 0 Å². The lowest BCUT2D eigenvalue weighted by atomic mass is 10.0. The van der Waals surface area contributed by atoms with Gasteiger partial charge in [-0.1, -0.05) is 0 Å². The van der Waals surface area contributed by atoms with Crippen molar-refractivity contribution in [1.82, 2.24) is 4.90 Å². The van der Waals surface area contributed by atoms with Crippen molar-refractivity contribution in [2.45, 2.75) is 24.4 Å². The Hall–Kier alpha value is -0.240. The molecule has 0 aliphatic heterocycles. The van der Waals surface area contributed by atoms with E-state index in [2.05, 4.69) is 0 Å². The molecule has 0 aromatic heterocycles. The van der Waals surface area contributed by atoms with E-state index < -0.39 is 0 Å². The van der Waals surface area contributed by atoms with Crippen LogP contribution in [-0.4, -0.2) is 92.1 Å². The molecule has 4 unspecified atom stereocenters. The van der Waals surface area contributed by atoms with Crippen molar-refractivity contribution in [3.63, 3.8) is 0 Å². The first-order chi connectivity index (χ1) is 9.05. The van der Waals surface area contributed by atoms with E-state index in [1.165, 1.54) is 0 Å². The Bertz CT molecular complexity index is 215. The topological polar surface area (TPSA) is 49.4 Å². The van der Waals surface area contributed by atoms with Gasteiger partial charge in [-0.05, 0) is 14.1 Å². The highest BCUT2D eigenvalue weighted by Gasteiger charge is 2.36. The van der Waals surface area contributed by atoms with Gasteiger partial charge in [0.1, 0.15) is 18.3 Å². The van der Waals surface area contributed by atoms with Crippen LogP contribution in [0.2, 0.25) is 0 Å². The summed E-state index contributed by atoms with van der Waals surface area (Å²) in [5, 5.41) is 0. The number of likely N-dealkylation sites (N-methyl/N-ethyl adjacent to an activating group) is 1. The molecule has 6 heteroatoms. The zero-order valence-corrected chi connectivity index (χ0v) is 13.2. The van der Waals surface area contributed by atoms with Crippen LogP contribution in [0, 0.1) is 0 Å². The first kappa shape index (κ1) is 18.8. The number of hydrogen-bond donors (Lipinski definition) is 0. The average molecular weight is 279 g/mol. The Morgan fingerprint density at radius 1 is 0.737 bits per heavy atom. The molecule has 0 aromatic carbocycles. The Morgan fingerprint density at radius 3 is 1.53 bits per heavy atom. The molecule has 0 fully saturated rings. The third kappa shape index (κ3) is 6.16. The van der Waals surface area contributed by atoms with Crippen molar-refractivity contribution in [3.8, 4) is 0 Å². The summed E-state index contributed by atoms with van der Waals surface area (Å²) in [4.78, 5) is 2.05. The average Bonchev–Trinajstić information content (AvgIpc) is 2.40. The van der Waals surface area contributed by atoms with Crippen LogP contribution < -0.4 is 0 Å². The predicted molar refractivity (Wildman–Crippen MR) is 73.6 cm³/mol. The van der Waals surface area contributed by atoms with Gasteiger partial charge in [0.15, 0.2) is 0 Å². The fourth-order valence-electron chi connectivity index (χ4n) is 2.13. The standard InChI is InChI=1S/C13H29NO5/c1-14(2)8-10(16-4)12(18-6)13(19-7)11(17-5)9-15-3/h10-13H,8-9H2,1-7H3. The predicted octanol–water partition coefficient (Wildman–Crippen LogP) is 0.254. The second-order valence-corrected chi connectivity index (χ2v) is 4.67. The monoisotopic (exact) mass is 279 g/mol. The lowest BCUT2D eigenvalue weighted by molar-refractivity contribution is -0.160. The van der Waals surface area contributed by atoms with Gasteiger partial charge in [-0.25, -0.2) is 0 Å². The van der Waals surface area contributed by atoms with E-state index in [0.29, 0.717) is 6.61 Å². The van der Waals surface area contributed by atoms with Crippen LogP contribution in [0.15, 0.2) is 0 Å². The third-order valence-electron chi connectivity index (χ3n) is 3.08. The summed E-state index contributed by atoms with van der Waals surface area (Å²) in [5.41, 5.74) is 0. The van der Waals surface area contributed by atoms with Crippen LogP contribution in [0.1, 0.15) is 0 Å². The molecule has 0 aliphatic carbocycles. The fourth-order valence-corrected chi connectivity index (χ4v) is 2.13. The maximum atomic E-state index is 5.57. The molecule has 0 bridgehead atoms. The van der Waals surface area contributed by atoms with E-state index in [-0.39, 0.29) is 24.4 Å². The minimum atomic E-state index is -0.264. The van der Waals surface area contributed by atoms with Crippen LogP contribution in [0.3, 0.4) is 0 Å². The molecule has 0 radical (unpaired) electrons. The molecule has 6 nitrogen and oxygen atoms in total. The van der Waals surface area contributed by atoms with E-state index in [1.54, 1.807) is 35.5 Å². The minimum absolute atomic E-state index is 0.112. The Balaban J connectivity index is 4.91. The first-order valence-corrected chi connectivity index (χ1v) is 6.30. The van der Waals surface area contributed by atoms with Gasteiger partial charge in [0.2, 0.25) is 0 Å². The van der Waals surface area contributed by atoms with Crippen LogP contribution in [0.25, 0.3) is 0 Å². The Morgan fingerprint density at radius 2 is 1.21 bits per heavy atom. The molecule has 0 amide bonds. The molecule has 19 heavy (non-hydrogen) atoms. The number of rotatable bonds is 11. The quantitative estimate of drug-likeness (QED) is 0.540. The summed E-state index contributed by atoms with van der Waals surface area (Å²) in [7, 11) is 12.2. The molecule has 0 saturated heterocycles. The van der Waals surface area contributed by atoms with Gasteiger partial charge in [-0.3, -0.25) is 0 Å². The molecular formula is C13H29NO5. The number of methoxy groups -OCH3 is 5. The van der Waals surface area contributed by atoms with E-state index in [1.807, 2.05) is 19.0 Å². The fraction of sp³-hybridized carbons (Fsp3) is 1.00. The van der Waals surface area contributed by atoms with Crippen LogP contribution in [0.4, 0.5) is 0 Å². The normalized spacial score (nSPS) is 18.3. The molecule has 0 rings (SSSR count). The largest absolute Gasteiger partial charge is 0.382 e. The maximum absolute atomic E-state index is 5.57. The molecule has 0 heterocycles. The van der Waals surface area contributed by atoms with Crippen LogP contribution in [0.5, 0.6) is 0 Å². The van der Waals surface area contributed by atoms with E-state index in [9.17, 15) is 0 Å². The second-order valence-electron chi connectivity index (χ2n) is 4.67. The summed E-state index contributed by atoms with van der Waals surface area (Å²) in [6.45, 7) is 1.17. The van der Waals surface area contributed by atoms with Crippen molar-refractivity contribution in [1.29, 1.82) is 0 Å². The lowest BCUT2D eigenvalue weighted by Crippen LogP contribution is -2.52. The molecule has 0 aliphatic rings. The summed E-state index contributed by atoms with van der Waals surface area (Å²) < 4.78 is 27.2. The lowest BCUT2D eigenvalue weighted by Gasteiger charge is -2.35. The zero-order chi connectivity index (χ0) is 14.8. The van der Waals surface area contributed by atoms with E-state index in [4.69, 9.17) is 23.7 Å². The maximum Gasteiger partial charge on any atom is 0.114 e. The highest BCUT2D eigenvalue weighted by molar-refractivity contribution is 4.86. The molecule has 116 valence electrons.